The molecule has 0 saturated heterocycles. The molecule has 2 aromatic rings. The zero-order chi connectivity index (χ0) is 17.3. The lowest BCUT2D eigenvalue weighted by Crippen LogP contribution is -2.53. The maximum atomic E-state index is 12.3. The highest BCUT2D eigenvalue weighted by molar-refractivity contribution is 7.89. The van der Waals surface area contributed by atoms with Gasteiger partial charge in [-0.25, -0.2) is 8.42 Å². The average Bonchev–Trinajstić information content (AvgIpc) is 2.53. The van der Waals surface area contributed by atoms with Gasteiger partial charge >= 0.3 is 0 Å². The summed E-state index contributed by atoms with van der Waals surface area (Å²) in [4.78, 5) is 12.5. The number of fused-ring (bicyclic) bond motifs is 1. The number of anilines is 1. The average molecular weight is 345 g/mol. The lowest BCUT2D eigenvalue weighted by atomic mass is 10.1. The highest BCUT2D eigenvalue weighted by Crippen LogP contribution is 2.25. The summed E-state index contributed by atoms with van der Waals surface area (Å²) >= 11 is 0. The fourth-order valence-electron chi connectivity index (χ4n) is 2.67. The zero-order valence-electron chi connectivity index (χ0n) is 13.5. The smallest absolute Gasteiger partial charge is 0.258 e. The van der Waals surface area contributed by atoms with Gasteiger partial charge in [-0.15, -0.1) is 0 Å². The number of benzene rings is 2. The van der Waals surface area contributed by atoms with Crippen molar-refractivity contribution >= 4 is 21.6 Å². The lowest BCUT2D eigenvalue weighted by molar-refractivity contribution is -0.122. The van der Waals surface area contributed by atoms with Crippen LogP contribution in [0.4, 0.5) is 5.69 Å². The van der Waals surface area contributed by atoms with Gasteiger partial charge in [0, 0.05) is 6.54 Å². The minimum atomic E-state index is -3.71. The normalized spacial score (nSPS) is 18.3. The van der Waals surface area contributed by atoms with Crippen molar-refractivity contribution in [2.24, 2.45) is 0 Å². The van der Waals surface area contributed by atoms with Gasteiger partial charge < -0.3 is 10.6 Å². The molecule has 1 aliphatic heterocycles. The van der Waals surface area contributed by atoms with E-state index in [0.717, 1.165) is 16.7 Å². The first-order chi connectivity index (χ1) is 11.4. The van der Waals surface area contributed by atoms with Crippen LogP contribution < -0.4 is 15.4 Å². The van der Waals surface area contributed by atoms with Crippen LogP contribution in [-0.2, 0) is 21.4 Å². The molecule has 1 aliphatic rings. The molecule has 0 aliphatic carbocycles. The maximum absolute atomic E-state index is 12.3. The van der Waals surface area contributed by atoms with Gasteiger partial charge in [0.15, 0.2) is 6.17 Å². The molecule has 0 saturated carbocycles. The summed E-state index contributed by atoms with van der Waals surface area (Å²) in [7, 11) is -3.71. The molecule has 0 bridgehead atoms. The topological polar surface area (TPSA) is 87.3 Å². The molecule has 0 radical (unpaired) electrons. The molecule has 3 rings (SSSR count). The third-order valence-corrected chi connectivity index (χ3v) is 5.44. The lowest BCUT2D eigenvalue weighted by Gasteiger charge is -2.27. The fraction of sp³-hybridized carbons (Fsp3) is 0.235. The largest absolute Gasteiger partial charge is 0.360 e. The Balaban J connectivity index is 1.73. The summed E-state index contributed by atoms with van der Waals surface area (Å²) in [5.74, 6) is -0.423. The maximum Gasteiger partial charge on any atom is 0.258 e. The van der Waals surface area contributed by atoms with Crippen molar-refractivity contribution in [2.75, 3.05) is 5.32 Å². The molecule has 0 fully saturated rings. The third kappa shape index (κ3) is 3.27. The predicted molar refractivity (Wildman–Crippen MR) is 91.9 cm³/mol. The molecule has 6 nitrogen and oxygen atoms in total. The number of hydrogen-bond acceptors (Lipinski definition) is 4. The number of hydrogen-bond donors (Lipinski definition) is 3. The second-order valence-corrected chi connectivity index (χ2v) is 7.52. The molecular formula is C17H19N3O3S. The molecule has 3 N–H and O–H groups in total. The van der Waals surface area contributed by atoms with Crippen LogP contribution in [0.1, 0.15) is 16.7 Å². The first-order valence-electron chi connectivity index (χ1n) is 7.58. The Morgan fingerprint density at radius 1 is 1.17 bits per heavy atom. The van der Waals surface area contributed by atoms with Crippen LogP contribution in [0.15, 0.2) is 47.4 Å². The summed E-state index contributed by atoms with van der Waals surface area (Å²) in [6.07, 6.45) is -1.03. The van der Waals surface area contributed by atoms with E-state index >= 15 is 0 Å². The van der Waals surface area contributed by atoms with Crippen molar-refractivity contribution < 1.29 is 13.2 Å². The van der Waals surface area contributed by atoms with Gasteiger partial charge in [0.1, 0.15) is 4.90 Å². The van der Waals surface area contributed by atoms with E-state index < -0.39 is 22.1 Å². The van der Waals surface area contributed by atoms with Crippen molar-refractivity contribution in [1.82, 2.24) is 10.0 Å². The molecule has 0 unspecified atom stereocenters. The summed E-state index contributed by atoms with van der Waals surface area (Å²) < 4.78 is 26.8. The van der Waals surface area contributed by atoms with Crippen molar-refractivity contribution in [2.45, 2.75) is 31.5 Å². The molecule has 1 heterocycles. The van der Waals surface area contributed by atoms with Gasteiger partial charge in [0.05, 0.1) is 5.69 Å². The number of nitrogens with one attached hydrogen (secondary N) is 3. The SMILES string of the molecule is Cc1ccc(CNC(=O)[C@H]2Nc3ccccc3S(=O)(=O)N2)c(C)c1. The van der Waals surface area contributed by atoms with E-state index in [2.05, 4.69) is 15.4 Å². The van der Waals surface area contributed by atoms with Gasteiger partial charge in [-0.05, 0) is 37.1 Å². The minimum absolute atomic E-state index is 0.142. The summed E-state index contributed by atoms with van der Waals surface area (Å²) in [5, 5.41) is 5.68. The Labute approximate surface area is 141 Å². The number of para-hydroxylation sites is 1. The molecular weight excluding hydrogens is 326 g/mol. The van der Waals surface area contributed by atoms with E-state index in [1.807, 2.05) is 32.0 Å². The van der Waals surface area contributed by atoms with E-state index in [4.69, 9.17) is 0 Å². The predicted octanol–water partition coefficient (Wildman–Crippen LogP) is 1.65. The van der Waals surface area contributed by atoms with Gasteiger partial charge in [0.2, 0.25) is 10.0 Å². The molecule has 2 aromatic carbocycles. The van der Waals surface area contributed by atoms with Crippen molar-refractivity contribution in [3.63, 3.8) is 0 Å². The summed E-state index contributed by atoms with van der Waals surface area (Å²) in [6, 6.07) is 12.5. The Hall–Kier alpha value is -2.38. The second-order valence-electron chi connectivity index (χ2n) is 5.84. The van der Waals surface area contributed by atoms with Crippen molar-refractivity contribution in [3.8, 4) is 0 Å². The van der Waals surface area contributed by atoms with Gasteiger partial charge in [-0.1, -0.05) is 35.9 Å². The van der Waals surface area contributed by atoms with E-state index in [9.17, 15) is 13.2 Å². The van der Waals surface area contributed by atoms with Crippen LogP contribution in [0.2, 0.25) is 0 Å². The van der Waals surface area contributed by atoms with Gasteiger partial charge in [-0.2, -0.15) is 4.72 Å². The number of rotatable bonds is 3. The van der Waals surface area contributed by atoms with Crippen LogP contribution >= 0.6 is 0 Å². The molecule has 0 spiro atoms. The van der Waals surface area contributed by atoms with Crippen LogP contribution in [0.5, 0.6) is 0 Å². The Morgan fingerprint density at radius 3 is 2.67 bits per heavy atom. The Morgan fingerprint density at radius 2 is 1.92 bits per heavy atom. The van der Waals surface area contributed by atoms with E-state index in [0.29, 0.717) is 12.2 Å². The van der Waals surface area contributed by atoms with Crippen molar-refractivity contribution in [1.29, 1.82) is 0 Å². The number of carbonyl (C=O) groups excluding carboxylic acids is 1. The number of aryl methyl sites for hydroxylation is 2. The quantitative estimate of drug-likeness (QED) is 0.789. The monoisotopic (exact) mass is 345 g/mol. The first kappa shape index (κ1) is 16.5. The Kier molecular flexibility index (Phi) is 4.29. The van der Waals surface area contributed by atoms with Crippen LogP contribution in [-0.4, -0.2) is 20.5 Å². The van der Waals surface area contributed by atoms with Crippen LogP contribution in [0, 0.1) is 13.8 Å². The third-order valence-electron chi connectivity index (χ3n) is 3.96. The Bertz CT molecular complexity index is 894. The number of carbonyl (C=O) groups is 1. The summed E-state index contributed by atoms with van der Waals surface area (Å²) in [6.45, 7) is 4.33. The standard InChI is InChI=1S/C17H19N3O3S/c1-11-7-8-13(12(2)9-11)10-18-17(21)16-19-14-5-3-4-6-15(14)24(22,23)20-16/h3-9,16,19-20H,10H2,1-2H3,(H,18,21)/t16-/m0/s1. The van der Waals surface area contributed by atoms with Gasteiger partial charge in [-0.3, -0.25) is 4.79 Å². The molecule has 1 atom stereocenters. The van der Waals surface area contributed by atoms with Crippen LogP contribution in [0.3, 0.4) is 0 Å². The van der Waals surface area contributed by atoms with E-state index in [1.165, 1.54) is 6.07 Å². The second kappa shape index (κ2) is 6.26. The zero-order valence-corrected chi connectivity index (χ0v) is 14.3. The molecule has 7 heteroatoms. The minimum Gasteiger partial charge on any atom is -0.360 e. The first-order valence-corrected chi connectivity index (χ1v) is 9.07. The number of amides is 1. The summed E-state index contributed by atoms with van der Waals surface area (Å²) in [5.41, 5.74) is 3.65. The van der Waals surface area contributed by atoms with E-state index in [-0.39, 0.29) is 4.90 Å². The number of sulfonamides is 1. The molecule has 24 heavy (non-hydrogen) atoms. The van der Waals surface area contributed by atoms with E-state index in [1.54, 1.807) is 18.2 Å². The highest BCUT2D eigenvalue weighted by atomic mass is 32.2. The van der Waals surface area contributed by atoms with Crippen molar-refractivity contribution in [3.05, 3.63) is 59.2 Å². The molecule has 0 aromatic heterocycles. The molecule has 1 amide bonds. The highest BCUT2D eigenvalue weighted by Gasteiger charge is 2.32. The fourth-order valence-corrected chi connectivity index (χ4v) is 3.95. The van der Waals surface area contributed by atoms with Crippen LogP contribution in [0.25, 0.3) is 0 Å². The van der Waals surface area contributed by atoms with Gasteiger partial charge in [0.25, 0.3) is 5.91 Å². The molecule has 126 valence electrons.